The van der Waals surface area contributed by atoms with Crippen LogP contribution in [0, 0.1) is 0 Å². The van der Waals surface area contributed by atoms with Crippen LogP contribution in [-0.4, -0.2) is 59.8 Å². The Bertz CT molecular complexity index is 995. The predicted molar refractivity (Wildman–Crippen MR) is 117 cm³/mol. The number of methoxy groups -OCH3 is 1. The molecule has 1 N–H and O–H groups in total. The number of hydrogen-bond acceptors (Lipinski definition) is 4. The fourth-order valence-corrected chi connectivity index (χ4v) is 4.80. The average molecular weight is 394 g/mol. The summed E-state index contributed by atoms with van der Waals surface area (Å²) < 4.78 is 7.59. The topological polar surface area (TPSA) is 40.9 Å². The van der Waals surface area contributed by atoms with Gasteiger partial charge in [0, 0.05) is 61.3 Å². The molecule has 2 heterocycles. The Morgan fingerprint density at radius 3 is 2.66 bits per heavy atom. The van der Waals surface area contributed by atoms with E-state index in [1.54, 1.807) is 7.11 Å². The van der Waals surface area contributed by atoms with Gasteiger partial charge in [-0.15, -0.1) is 0 Å². The molecule has 1 fully saturated rings. The number of rotatable bonds is 6. The van der Waals surface area contributed by atoms with E-state index in [2.05, 4.69) is 78.1 Å². The van der Waals surface area contributed by atoms with Gasteiger partial charge in [-0.2, -0.15) is 0 Å². The maximum Gasteiger partial charge on any atom is 0.124 e. The molecule has 0 saturated carbocycles. The van der Waals surface area contributed by atoms with Crippen molar-refractivity contribution in [2.45, 2.75) is 25.1 Å². The molecule has 0 aliphatic carbocycles. The Labute approximate surface area is 173 Å². The number of aliphatic hydroxyl groups excluding tert-OH is 1. The Hall–Kier alpha value is -2.34. The van der Waals surface area contributed by atoms with E-state index >= 15 is 0 Å². The van der Waals surface area contributed by atoms with Crippen molar-refractivity contribution < 1.29 is 9.84 Å². The van der Waals surface area contributed by atoms with Gasteiger partial charge in [-0.3, -0.25) is 4.90 Å². The van der Waals surface area contributed by atoms with E-state index in [4.69, 9.17) is 4.74 Å². The summed E-state index contributed by atoms with van der Waals surface area (Å²) in [6.07, 6.45) is 2.31. The molecule has 1 aromatic heterocycles. The number of ether oxygens (including phenoxy) is 1. The van der Waals surface area contributed by atoms with Gasteiger partial charge in [-0.1, -0.05) is 24.3 Å². The van der Waals surface area contributed by atoms with Crippen molar-refractivity contribution in [1.82, 2.24) is 14.4 Å². The fourth-order valence-electron chi connectivity index (χ4n) is 4.80. The predicted octanol–water partition coefficient (Wildman–Crippen LogP) is 3.21. The second-order valence-corrected chi connectivity index (χ2v) is 8.35. The van der Waals surface area contributed by atoms with Crippen LogP contribution in [-0.2, 0) is 20.2 Å². The fraction of sp³-hybridized carbons (Fsp3) is 0.417. The molecule has 0 radical (unpaired) electrons. The highest BCUT2D eigenvalue weighted by Crippen LogP contribution is 2.36. The first-order chi connectivity index (χ1) is 14.0. The monoisotopic (exact) mass is 393 g/mol. The van der Waals surface area contributed by atoms with Crippen molar-refractivity contribution in [1.29, 1.82) is 0 Å². The van der Waals surface area contributed by atoms with E-state index in [1.165, 1.54) is 22.0 Å². The summed E-state index contributed by atoms with van der Waals surface area (Å²) in [6.45, 7) is 2.93. The standard InChI is InChI=1S/C24H31N3O2/c1-25(2)23-15-27(12-17-9-10-24(29-4)18(11-17)16-28)14-21(23)20-13-26(3)22-8-6-5-7-19(20)22/h5-11,13,21,23,28H,12,14-16H2,1-4H3/t21-,23+/m0/s1. The Balaban J connectivity index is 1.60. The van der Waals surface area contributed by atoms with Gasteiger partial charge in [0.2, 0.25) is 0 Å². The number of likely N-dealkylation sites (N-methyl/N-ethyl adjacent to an activating group) is 1. The molecule has 1 aliphatic rings. The lowest BCUT2D eigenvalue weighted by atomic mass is 9.93. The summed E-state index contributed by atoms with van der Waals surface area (Å²) in [5.41, 5.74) is 4.79. The lowest BCUT2D eigenvalue weighted by Gasteiger charge is -2.25. The number of para-hydroxylation sites is 1. The number of aromatic nitrogens is 1. The summed E-state index contributed by atoms with van der Waals surface area (Å²) in [4.78, 5) is 4.89. The molecule has 0 unspecified atom stereocenters. The maximum atomic E-state index is 9.64. The third-order valence-electron chi connectivity index (χ3n) is 6.28. The largest absolute Gasteiger partial charge is 0.496 e. The van der Waals surface area contributed by atoms with E-state index in [0.717, 1.165) is 30.9 Å². The zero-order valence-electron chi connectivity index (χ0n) is 17.8. The van der Waals surface area contributed by atoms with Gasteiger partial charge in [0.1, 0.15) is 5.75 Å². The minimum absolute atomic E-state index is 0.00400. The second kappa shape index (κ2) is 8.19. The highest BCUT2D eigenvalue weighted by Gasteiger charge is 2.36. The smallest absolute Gasteiger partial charge is 0.124 e. The molecule has 3 aromatic rings. The van der Waals surface area contributed by atoms with Crippen LogP contribution in [0.5, 0.6) is 5.75 Å². The van der Waals surface area contributed by atoms with Crippen molar-refractivity contribution >= 4 is 10.9 Å². The molecule has 0 bridgehead atoms. The molecule has 5 nitrogen and oxygen atoms in total. The molecular formula is C24H31N3O2. The van der Waals surface area contributed by atoms with Crippen LogP contribution in [0.15, 0.2) is 48.7 Å². The SMILES string of the molecule is COc1ccc(CN2C[C@@H](N(C)C)[C@H](c3cn(C)c4ccccc34)C2)cc1CO. The van der Waals surface area contributed by atoms with Crippen LogP contribution >= 0.6 is 0 Å². The molecule has 1 saturated heterocycles. The summed E-state index contributed by atoms with van der Waals surface area (Å²) in [7, 11) is 8.15. The van der Waals surface area contributed by atoms with Gasteiger partial charge in [0.05, 0.1) is 13.7 Å². The van der Waals surface area contributed by atoms with Crippen LogP contribution in [0.1, 0.15) is 22.6 Å². The summed E-state index contributed by atoms with van der Waals surface area (Å²) in [6, 6.07) is 15.3. The van der Waals surface area contributed by atoms with Crippen molar-refractivity contribution in [3.63, 3.8) is 0 Å². The van der Waals surface area contributed by atoms with Crippen LogP contribution in [0.25, 0.3) is 10.9 Å². The van der Waals surface area contributed by atoms with Gasteiger partial charge in [-0.05, 0) is 43.4 Å². The lowest BCUT2D eigenvalue weighted by Crippen LogP contribution is -2.34. The van der Waals surface area contributed by atoms with Crippen LogP contribution in [0.4, 0.5) is 0 Å². The van der Waals surface area contributed by atoms with Crippen molar-refractivity contribution in [3.05, 3.63) is 65.4 Å². The first kappa shape index (κ1) is 20.0. The summed E-state index contributed by atoms with van der Waals surface area (Å²) in [5, 5.41) is 11.0. The Morgan fingerprint density at radius 2 is 1.93 bits per heavy atom. The molecule has 2 aromatic carbocycles. The van der Waals surface area contributed by atoms with Gasteiger partial charge in [0.25, 0.3) is 0 Å². The van der Waals surface area contributed by atoms with Gasteiger partial charge < -0.3 is 19.3 Å². The highest BCUT2D eigenvalue weighted by molar-refractivity contribution is 5.84. The molecule has 29 heavy (non-hydrogen) atoms. The first-order valence-electron chi connectivity index (χ1n) is 10.2. The van der Waals surface area contributed by atoms with Gasteiger partial charge in [0.15, 0.2) is 0 Å². The van der Waals surface area contributed by atoms with Crippen LogP contribution in [0.3, 0.4) is 0 Å². The summed E-state index contributed by atoms with van der Waals surface area (Å²) >= 11 is 0. The van der Waals surface area contributed by atoms with E-state index in [0.29, 0.717) is 12.0 Å². The zero-order chi connectivity index (χ0) is 20.5. The van der Waals surface area contributed by atoms with Crippen molar-refractivity contribution in [3.8, 4) is 5.75 Å². The van der Waals surface area contributed by atoms with Crippen LogP contribution < -0.4 is 4.74 Å². The third kappa shape index (κ3) is 3.78. The van der Waals surface area contributed by atoms with Gasteiger partial charge in [-0.25, -0.2) is 0 Å². The average Bonchev–Trinajstić information content (AvgIpc) is 3.29. The quantitative estimate of drug-likeness (QED) is 0.698. The number of benzene rings is 2. The molecular weight excluding hydrogens is 362 g/mol. The van der Waals surface area contributed by atoms with E-state index < -0.39 is 0 Å². The number of aryl methyl sites for hydroxylation is 1. The number of likely N-dealkylation sites (tertiary alicyclic amines) is 1. The Kier molecular flexibility index (Phi) is 5.63. The van der Waals surface area contributed by atoms with Crippen molar-refractivity contribution in [2.24, 2.45) is 7.05 Å². The molecule has 0 spiro atoms. The highest BCUT2D eigenvalue weighted by atomic mass is 16.5. The second-order valence-electron chi connectivity index (χ2n) is 8.35. The normalized spacial score (nSPS) is 20.1. The minimum Gasteiger partial charge on any atom is -0.496 e. The number of hydrogen-bond donors (Lipinski definition) is 1. The number of aliphatic hydroxyl groups is 1. The zero-order valence-corrected chi connectivity index (χ0v) is 17.8. The van der Waals surface area contributed by atoms with Crippen LogP contribution in [0.2, 0.25) is 0 Å². The molecule has 154 valence electrons. The van der Waals surface area contributed by atoms with Gasteiger partial charge >= 0.3 is 0 Å². The number of nitrogens with zero attached hydrogens (tertiary/aromatic N) is 3. The summed E-state index contributed by atoms with van der Waals surface area (Å²) in [5.74, 6) is 1.21. The minimum atomic E-state index is -0.00400. The third-order valence-corrected chi connectivity index (χ3v) is 6.28. The maximum absolute atomic E-state index is 9.64. The lowest BCUT2D eigenvalue weighted by molar-refractivity contribution is 0.259. The molecule has 4 rings (SSSR count). The molecule has 5 heteroatoms. The number of fused-ring (bicyclic) bond motifs is 1. The molecule has 2 atom stereocenters. The van der Waals surface area contributed by atoms with E-state index in [9.17, 15) is 5.11 Å². The molecule has 0 amide bonds. The molecule has 1 aliphatic heterocycles. The van der Waals surface area contributed by atoms with E-state index in [-0.39, 0.29) is 6.61 Å². The van der Waals surface area contributed by atoms with Crippen molar-refractivity contribution in [2.75, 3.05) is 34.3 Å². The Morgan fingerprint density at radius 1 is 1.14 bits per heavy atom. The van der Waals surface area contributed by atoms with E-state index in [1.807, 2.05) is 6.07 Å². The first-order valence-corrected chi connectivity index (χ1v) is 10.2.